The molecule has 1 heterocycles. The Hall–Kier alpha value is -1.00. The average molecular weight is 238 g/mol. The van der Waals surface area contributed by atoms with Gasteiger partial charge in [-0.1, -0.05) is 0 Å². The molecular formula is C11H10O2S2. The first-order chi connectivity index (χ1) is 7.24. The predicted octanol–water partition coefficient (Wildman–Crippen LogP) is 3.41. The van der Waals surface area contributed by atoms with Crippen molar-refractivity contribution in [1.82, 2.24) is 0 Å². The van der Waals surface area contributed by atoms with Crippen molar-refractivity contribution in [2.24, 2.45) is 0 Å². The van der Waals surface area contributed by atoms with Gasteiger partial charge in [0.05, 0.1) is 16.9 Å². The summed E-state index contributed by atoms with van der Waals surface area (Å²) in [5, 5.41) is 1.10. The third-order valence-electron chi connectivity index (χ3n) is 2.12. The van der Waals surface area contributed by atoms with Crippen LogP contribution in [0.2, 0.25) is 0 Å². The van der Waals surface area contributed by atoms with Crippen LogP contribution in [0.25, 0.3) is 10.1 Å². The first-order valence-corrected chi connectivity index (χ1v) is 6.44. The molecule has 0 aliphatic rings. The number of thiophene rings is 1. The van der Waals surface area contributed by atoms with Gasteiger partial charge in [0.2, 0.25) is 0 Å². The fourth-order valence-corrected chi connectivity index (χ4v) is 2.99. The van der Waals surface area contributed by atoms with Crippen LogP contribution in [-0.2, 0) is 4.74 Å². The summed E-state index contributed by atoms with van der Waals surface area (Å²) in [4.78, 5) is 11.3. The van der Waals surface area contributed by atoms with Crippen molar-refractivity contribution in [3.8, 4) is 0 Å². The van der Waals surface area contributed by atoms with Crippen molar-refractivity contribution in [1.29, 1.82) is 0 Å². The zero-order valence-corrected chi connectivity index (χ0v) is 10.1. The van der Waals surface area contributed by atoms with Crippen LogP contribution in [0.1, 0.15) is 10.4 Å². The summed E-state index contributed by atoms with van der Waals surface area (Å²) in [6, 6.07) is 7.73. The van der Waals surface area contributed by atoms with Gasteiger partial charge in [0.1, 0.15) is 0 Å². The van der Waals surface area contributed by atoms with E-state index >= 15 is 0 Å². The zero-order valence-electron chi connectivity index (χ0n) is 8.44. The molecule has 15 heavy (non-hydrogen) atoms. The molecule has 0 aliphatic heterocycles. The SMILES string of the molecule is COC(=O)c1ccc2sc(SC)cc2c1. The van der Waals surface area contributed by atoms with Gasteiger partial charge in [0.25, 0.3) is 0 Å². The van der Waals surface area contributed by atoms with Gasteiger partial charge in [-0.15, -0.1) is 23.1 Å². The molecule has 0 saturated heterocycles. The Morgan fingerprint density at radius 1 is 1.40 bits per heavy atom. The zero-order chi connectivity index (χ0) is 10.8. The summed E-state index contributed by atoms with van der Waals surface area (Å²) < 4.78 is 7.13. The lowest BCUT2D eigenvalue weighted by atomic mass is 10.2. The van der Waals surface area contributed by atoms with Crippen molar-refractivity contribution >= 4 is 39.2 Å². The van der Waals surface area contributed by atoms with Gasteiger partial charge in [-0.2, -0.15) is 0 Å². The number of methoxy groups -OCH3 is 1. The molecule has 1 aromatic heterocycles. The van der Waals surface area contributed by atoms with E-state index in [2.05, 4.69) is 10.8 Å². The van der Waals surface area contributed by atoms with Crippen LogP contribution in [0, 0.1) is 0 Å². The van der Waals surface area contributed by atoms with Gasteiger partial charge >= 0.3 is 5.97 Å². The standard InChI is InChI=1S/C11H10O2S2/c1-13-11(12)7-3-4-9-8(5-7)6-10(14-2)15-9/h3-6H,1-2H3. The number of carbonyl (C=O) groups is 1. The first-order valence-electron chi connectivity index (χ1n) is 4.40. The highest BCUT2D eigenvalue weighted by atomic mass is 32.2. The Labute approximate surface area is 96.2 Å². The monoisotopic (exact) mass is 238 g/mol. The van der Waals surface area contributed by atoms with Crippen LogP contribution in [0.5, 0.6) is 0 Å². The van der Waals surface area contributed by atoms with Gasteiger partial charge in [-0.3, -0.25) is 0 Å². The Balaban J connectivity index is 2.50. The van der Waals surface area contributed by atoms with Crippen molar-refractivity contribution in [3.63, 3.8) is 0 Å². The third kappa shape index (κ3) is 2.01. The number of rotatable bonds is 2. The number of thioether (sulfide) groups is 1. The van der Waals surface area contributed by atoms with E-state index in [1.807, 2.05) is 18.4 Å². The molecule has 0 amide bonds. The van der Waals surface area contributed by atoms with Crippen LogP contribution in [0.15, 0.2) is 28.5 Å². The summed E-state index contributed by atoms with van der Waals surface area (Å²) in [6.07, 6.45) is 2.05. The van der Waals surface area contributed by atoms with Crippen molar-refractivity contribution in [2.45, 2.75) is 4.21 Å². The highest BCUT2D eigenvalue weighted by Gasteiger charge is 2.07. The summed E-state index contributed by atoms with van der Waals surface area (Å²) >= 11 is 3.45. The molecule has 0 spiro atoms. The number of esters is 1. The van der Waals surface area contributed by atoms with E-state index in [4.69, 9.17) is 0 Å². The highest BCUT2D eigenvalue weighted by Crippen LogP contribution is 2.32. The number of fused-ring (bicyclic) bond motifs is 1. The predicted molar refractivity (Wildman–Crippen MR) is 64.9 cm³/mol. The maximum Gasteiger partial charge on any atom is 0.337 e. The van der Waals surface area contributed by atoms with Gasteiger partial charge in [0.15, 0.2) is 0 Å². The van der Waals surface area contributed by atoms with Gasteiger partial charge in [-0.25, -0.2) is 4.79 Å². The van der Waals surface area contributed by atoms with E-state index in [9.17, 15) is 4.79 Å². The fraction of sp³-hybridized carbons (Fsp3) is 0.182. The second kappa shape index (κ2) is 4.24. The number of benzene rings is 1. The minimum absolute atomic E-state index is 0.284. The molecule has 0 saturated carbocycles. The molecular weight excluding hydrogens is 228 g/mol. The molecule has 0 aliphatic carbocycles. The molecule has 0 fully saturated rings. The molecule has 2 aromatic rings. The minimum atomic E-state index is -0.284. The molecule has 0 N–H and O–H groups in total. The van der Waals surface area contributed by atoms with E-state index in [0.717, 1.165) is 5.39 Å². The third-order valence-corrected chi connectivity index (χ3v) is 4.30. The van der Waals surface area contributed by atoms with Gasteiger partial charge < -0.3 is 4.74 Å². The molecule has 2 nitrogen and oxygen atoms in total. The molecule has 78 valence electrons. The molecule has 0 bridgehead atoms. The molecule has 2 rings (SSSR count). The van der Waals surface area contributed by atoms with Gasteiger partial charge in [-0.05, 0) is 35.9 Å². The smallest absolute Gasteiger partial charge is 0.337 e. The van der Waals surface area contributed by atoms with E-state index < -0.39 is 0 Å². The Morgan fingerprint density at radius 2 is 2.20 bits per heavy atom. The number of carbonyl (C=O) groups excluding carboxylic acids is 1. The first kappa shape index (κ1) is 10.5. The van der Waals surface area contributed by atoms with E-state index in [0.29, 0.717) is 5.56 Å². The molecule has 1 aromatic carbocycles. The van der Waals surface area contributed by atoms with Crippen LogP contribution >= 0.6 is 23.1 Å². The Bertz CT molecular complexity index is 502. The van der Waals surface area contributed by atoms with Crippen LogP contribution < -0.4 is 0 Å². The van der Waals surface area contributed by atoms with Crippen LogP contribution in [0.3, 0.4) is 0 Å². The lowest BCUT2D eigenvalue weighted by Crippen LogP contribution is -1.99. The summed E-state index contributed by atoms with van der Waals surface area (Å²) in [6.45, 7) is 0. The summed E-state index contributed by atoms with van der Waals surface area (Å²) in [5.74, 6) is -0.284. The number of hydrogen-bond donors (Lipinski definition) is 0. The largest absolute Gasteiger partial charge is 0.465 e. The van der Waals surface area contributed by atoms with E-state index in [-0.39, 0.29) is 5.97 Å². The van der Waals surface area contributed by atoms with Crippen LogP contribution in [0.4, 0.5) is 0 Å². The maximum absolute atomic E-state index is 11.3. The normalized spacial score (nSPS) is 10.5. The Kier molecular flexibility index (Phi) is 2.98. The quantitative estimate of drug-likeness (QED) is 0.592. The highest BCUT2D eigenvalue weighted by molar-refractivity contribution is 8.00. The second-order valence-corrected chi connectivity index (χ2v) is 5.20. The van der Waals surface area contributed by atoms with Crippen molar-refractivity contribution in [3.05, 3.63) is 29.8 Å². The number of ether oxygens (including phenoxy) is 1. The van der Waals surface area contributed by atoms with E-state index in [1.165, 1.54) is 16.0 Å². The lowest BCUT2D eigenvalue weighted by Gasteiger charge is -1.97. The number of hydrogen-bond acceptors (Lipinski definition) is 4. The van der Waals surface area contributed by atoms with Crippen LogP contribution in [-0.4, -0.2) is 19.3 Å². The summed E-state index contributed by atoms with van der Waals surface area (Å²) in [7, 11) is 1.40. The summed E-state index contributed by atoms with van der Waals surface area (Å²) in [5.41, 5.74) is 0.607. The lowest BCUT2D eigenvalue weighted by molar-refractivity contribution is 0.0601. The van der Waals surface area contributed by atoms with Crippen molar-refractivity contribution < 1.29 is 9.53 Å². The minimum Gasteiger partial charge on any atom is -0.465 e. The van der Waals surface area contributed by atoms with E-state index in [1.54, 1.807) is 29.2 Å². The molecule has 0 atom stereocenters. The molecule has 0 unspecified atom stereocenters. The molecule has 0 radical (unpaired) electrons. The van der Waals surface area contributed by atoms with Gasteiger partial charge in [0, 0.05) is 4.70 Å². The fourth-order valence-electron chi connectivity index (χ4n) is 1.36. The average Bonchev–Trinajstić information content (AvgIpc) is 2.69. The maximum atomic E-state index is 11.3. The molecule has 4 heteroatoms. The topological polar surface area (TPSA) is 26.3 Å². The second-order valence-electron chi connectivity index (χ2n) is 3.01. The Morgan fingerprint density at radius 3 is 2.87 bits per heavy atom. The van der Waals surface area contributed by atoms with Crippen molar-refractivity contribution in [2.75, 3.05) is 13.4 Å².